The predicted octanol–water partition coefficient (Wildman–Crippen LogP) is 2.03. The molecule has 72 valence electrons. The van der Waals surface area contributed by atoms with Crippen molar-refractivity contribution in [1.29, 1.82) is 0 Å². The fourth-order valence-corrected chi connectivity index (χ4v) is 1.53. The van der Waals surface area contributed by atoms with Gasteiger partial charge in [-0.15, -0.1) is 0 Å². The highest BCUT2D eigenvalue weighted by molar-refractivity contribution is 6.31. The van der Waals surface area contributed by atoms with E-state index in [1.165, 1.54) is 6.21 Å². The molecule has 2 aromatic rings. The number of hydrogen-bond acceptors (Lipinski definition) is 3. The summed E-state index contributed by atoms with van der Waals surface area (Å²) in [6.07, 6.45) is 1.29. The van der Waals surface area contributed by atoms with E-state index in [9.17, 15) is 0 Å². The third kappa shape index (κ3) is 1.33. The van der Waals surface area contributed by atoms with Gasteiger partial charge in [0.1, 0.15) is 6.21 Å². The molecule has 14 heavy (non-hydrogen) atoms. The standard InChI is InChI=1S/C9H8ClN3O/c1-13-8-3-2-6(10)4-7(8)12-9(13)5-11-14/h2-5,14H,1H3/b11-5+. The van der Waals surface area contributed by atoms with Gasteiger partial charge in [0.2, 0.25) is 0 Å². The second kappa shape index (κ2) is 3.31. The molecule has 0 saturated carbocycles. The molecule has 1 aromatic heterocycles. The molecule has 5 heteroatoms. The van der Waals surface area contributed by atoms with Crippen LogP contribution in [-0.2, 0) is 7.05 Å². The molecule has 0 amide bonds. The van der Waals surface area contributed by atoms with Crippen LogP contribution < -0.4 is 0 Å². The van der Waals surface area contributed by atoms with Crippen molar-refractivity contribution < 1.29 is 5.21 Å². The summed E-state index contributed by atoms with van der Waals surface area (Å²) in [7, 11) is 1.85. The van der Waals surface area contributed by atoms with Crippen LogP contribution in [0.3, 0.4) is 0 Å². The molecule has 0 bridgehead atoms. The lowest BCUT2D eigenvalue weighted by atomic mass is 10.3. The van der Waals surface area contributed by atoms with Crippen LogP contribution in [0.1, 0.15) is 5.82 Å². The van der Waals surface area contributed by atoms with Crippen molar-refractivity contribution in [3.63, 3.8) is 0 Å². The van der Waals surface area contributed by atoms with Crippen molar-refractivity contribution in [2.45, 2.75) is 0 Å². The van der Waals surface area contributed by atoms with Gasteiger partial charge in [0.15, 0.2) is 5.82 Å². The van der Waals surface area contributed by atoms with E-state index < -0.39 is 0 Å². The molecule has 0 aliphatic carbocycles. The van der Waals surface area contributed by atoms with Gasteiger partial charge in [-0.25, -0.2) is 4.98 Å². The van der Waals surface area contributed by atoms with E-state index in [4.69, 9.17) is 16.8 Å². The van der Waals surface area contributed by atoms with Crippen molar-refractivity contribution in [2.24, 2.45) is 12.2 Å². The van der Waals surface area contributed by atoms with E-state index in [2.05, 4.69) is 10.1 Å². The molecule has 0 fully saturated rings. The zero-order valence-electron chi connectivity index (χ0n) is 7.48. The molecule has 0 atom stereocenters. The van der Waals surface area contributed by atoms with Crippen LogP contribution in [0, 0.1) is 0 Å². The van der Waals surface area contributed by atoms with E-state index in [1.54, 1.807) is 12.1 Å². The molecule has 0 unspecified atom stereocenters. The van der Waals surface area contributed by atoms with Crippen molar-refractivity contribution in [3.8, 4) is 0 Å². The Morgan fingerprint density at radius 2 is 2.36 bits per heavy atom. The Bertz CT molecular complexity index is 504. The molecule has 0 radical (unpaired) electrons. The summed E-state index contributed by atoms with van der Waals surface area (Å²) in [5.41, 5.74) is 1.74. The molecule has 1 aromatic carbocycles. The lowest BCUT2D eigenvalue weighted by Gasteiger charge is -1.95. The van der Waals surface area contributed by atoms with Crippen molar-refractivity contribution in [1.82, 2.24) is 9.55 Å². The Morgan fingerprint density at radius 1 is 1.57 bits per heavy atom. The van der Waals surface area contributed by atoms with E-state index >= 15 is 0 Å². The normalized spacial score (nSPS) is 11.6. The largest absolute Gasteiger partial charge is 0.411 e. The quantitative estimate of drug-likeness (QED) is 0.444. The van der Waals surface area contributed by atoms with Gasteiger partial charge in [-0.05, 0) is 18.2 Å². The van der Waals surface area contributed by atoms with Crippen molar-refractivity contribution >= 4 is 28.8 Å². The van der Waals surface area contributed by atoms with Crippen LogP contribution in [0.2, 0.25) is 5.02 Å². The first kappa shape index (κ1) is 9.02. The van der Waals surface area contributed by atoms with Crippen LogP contribution in [0.15, 0.2) is 23.4 Å². The SMILES string of the molecule is Cn1c(/C=N/O)nc2cc(Cl)ccc21. The number of nitrogens with zero attached hydrogens (tertiary/aromatic N) is 3. The summed E-state index contributed by atoms with van der Waals surface area (Å²) in [6, 6.07) is 5.44. The van der Waals surface area contributed by atoms with Crippen molar-refractivity contribution in [3.05, 3.63) is 29.0 Å². The van der Waals surface area contributed by atoms with E-state index in [0.717, 1.165) is 11.0 Å². The summed E-state index contributed by atoms with van der Waals surface area (Å²) in [4.78, 5) is 4.23. The average Bonchev–Trinajstić information content (AvgIpc) is 2.44. The van der Waals surface area contributed by atoms with Gasteiger partial charge in [-0.2, -0.15) is 0 Å². The fraction of sp³-hybridized carbons (Fsp3) is 0.111. The van der Waals surface area contributed by atoms with Gasteiger partial charge in [-0.3, -0.25) is 0 Å². The summed E-state index contributed by atoms with van der Waals surface area (Å²) in [5.74, 6) is 0.588. The summed E-state index contributed by atoms with van der Waals surface area (Å²) >= 11 is 5.83. The zero-order valence-corrected chi connectivity index (χ0v) is 8.23. The van der Waals surface area contributed by atoms with Crippen LogP contribution >= 0.6 is 11.6 Å². The highest BCUT2D eigenvalue weighted by Gasteiger charge is 2.05. The minimum Gasteiger partial charge on any atom is -0.411 e. The number of rotatable bonds is 1. The van der Waals surface area contributed by atoms with Crippen LogP contribution in [0.5, 0.6) is 0 Å². The van der Waals surface area contributed by atoms with Gasteiger partial charge in [0.05, 0.1) is 11.0 Å². The third-order valence-corrected chi connectivity index (χ3v) is 2.29. The summed E-state index contributed by atoms with van der Waals surface area (Å²) in [6.45, 7) is 0. The topological polar surface area (TPSA) is 50.4 Å². The number of aromatic nitrogens is 2. The van der Waals surface area contributed by atoms with Gasteiger partial charge in [0.25, 0.3) is 0 Å². The van der Waals surface area contributed by atoms with Crippen LogP contribution in [-0.4, -0.2) is 21.0 Å². The minimum absolute atomic E-state index is 0.588. The van der Waals surface area contributed by atoms with E-state index in [1.807, 2.05) is 17.7 Å². The molecular weight excluding hydrogens is 202 g/mol. The maximum absolute atomic E-state index is 8.41. The molecule has 0 aliphatic rings. The lowest BCUT2D eigenvalue weighted by Crippen LogP contribution is -1.95. The fourth-order valence-electron chi connectivity index (χ4n) is 1.36. The Hall–Kier alpha value is -1.55. The Balaban J connectivity index is 2.73. The molecule has 0 aliphatic heterocycles. The first-order valence-electron chi connectivity index (χ1n) is 4.02. The first-order chi connectivity index (χ1) is 6.72. The number of aryl methyl sites for hydroxylation is 1. The van der Waals surface area contributed by atoms with E-state index in [0.29, 0.717) is 10.8 Å². The second-order valence-electron chi connectivity index (χ2n) is 2.91. The number of halogens is 1. The molecular formula is C9H8ClN3O. The smallest absolute Gasteiger partial charge is 0.155 e. The molecule has 1 heterocycles. The first-order valence-corrected chi connectivity index (χ1v) is 4.39. The zero-order chi connectivity index (χ0) is 10.1. The molecule has 2 rings (SSSR count). The van der Waals surface area contributed by atoms with Gasteiger partial charge in [-0.1, -0.05) is 16.8 Å². The van der Waals surface area contributed by atoms with Crippen LogP contribution in [0.25, 0.3) is 11.0 Å². The van der Waals surface area contributed by atoms with E-state index in [-0.39, 0.29) is 0 Å². The monoisotopic (exact) mass is 209 g/mol. The maximum Gasteiger partial charge on any atom is 0.155 e. The second-order valence-corrected chi connectivity index (χ2v) is 3.34. The number of hydrogen-bond donors (Lipinski definition) is 1. The summed E-state index contributed by atoms with van der Waals surface area (Å²) < 4.78 is 1.82. The number of oxime groups is 1. The Labute approximate surface area is 85.4 Å². The Kier molecular flexibility index (Phi) is 2.13. The molecule has 4 nitrogen and oxygen atoms in total. The van der Waals surface area contributed by atoms with Crippen molar-refractivity contribution in [2.75, 3.05) is 0 Å². The Morgan fingerprint density at radius 3 is 3.07 bits per heavy atom. The maximum atomic E-state index is 8.41. The lowest BCUT2D eigenvalue weighted by molar-refractivity contribution is 0.321. The number of imidazole rings is 1. The predicted molar refractivity (Wildman–Crippen MR) is 55.1 cm³/mol. The average molecular weight is 210 g/mol. The minimum atomic E-state index is 0.588. The summed E-state index contributed by atoms with van der Waals surface area (Å²) in [5, 5.41) is 12.0. The molecule has 0 saturated heterocycles. The number of benzene rings is 1. The highest BCUT2D eigenvalue weighted by atomic mass is 35.5. The van der Waals surface area contributed by atoms with Gasteiger partial charge in [0, 0.05) is 12.1 Å². The van der Waals surface area contributed by atoms with Gasteiger partial charge < -0.3 is 9.77 Å². The van der Waals surface area contributed by atoms with Gasteiger partial charge >= 0.3 is 0 Å². The van der Waals surface area contributed by atoms with Crippen LogP contribution in [0.4, 0.5) is 0 Å². The molecule has 1 N–H and O–H groups in total. The molecule has 0 spiro atoms. The highest BCUT2D eigenvalue weighted by Crippen LogP contribution is 2.18. The number of fused-ring (bicyclic) bond motifs is 1. The third-order valence-electron chi connectivity index (χ3n) is 2.05.